The lowest BCUT2D eigenvalue weighted by molar-refractivity contribution is -0.117. The van der Waals surface area contributed by atoms with Crippen LogP contribution in [0.5, 0.6) is 17.2 Å². The Labute approximate surface area is 140 Å². The first kappa shape index (κ1) is 15.9. The zero-order valence-corrected chi connectivity index (χ0v) is 13.6. The highest BCUT2D eigenvalue weighted by Gasteiger charge is 2.13. The van der Waals surface area contributed by atoms with Crippen LogP contribution in [0.4, 0.5) is 0 Å². The van der Waals surface area contributed by atoms with Crippen molar-refractivity contribution in [2.24, 2.45) is 0 Å². The largest absolute Gasteiger partial charge is 0.496 e. The molecule has 1 N–H and O–H groups in total. The van der Waals surface area contributed by atoms with Crippen molar-refractivity contribution in [2.45, 2.75) is 13.0 Å². The molecule has 3 rings (SSSR count). The highest BCUT2D eigenvalue weighted by Crippen LogP contribution is 2.32. The summed E-state index contributed by atoms with van der Waals surface area (Å²) >= 11 is 0. The molecule has 0 spiro atoms. The average Bonchev–Trinajstić information content (AvgIpc) is 3.07. The van der Waals surface area contributed by atoms with E-state index in [1.54, 1.807) is 13.2 Å². The number of benzene rings is 2. The Balaban J connectivity index is 1.64. The molecule has 0 aliphatic carbocycles. The zero-order valence-electron chi connectivity index (χ0n) is 13.6. The molecule has 1 atom stereocenters. The molecule has 5 nitrogen and oxygen atoms in total. The van der Waals surface area contributed by atoms with Crippen LogP contribution in [0, 0.1) is 0 Å². The van der Waals surface area contributed by atoms with Gasteiger partial charge in [-0.2, -0.15) is 0 Å². The maximum Gasteiger partial charge on any atom is 0.244 e. The fourth-order valence-corrected chi connectivity index (χ4v) is 2.55. The number of carbonyl (C=O) groups is 1. The molecule has 5 heteroatoms. The van der Waals surface area contributed by atoms with Gasteiger partial charge in [0, 0.05) is 11.6 Å². The second-order valence-electron chi connectivity index (χ2n) is 5.42. The van der Waals surface area contributed by atoms with Gasteiger partial charge in [-0.05, 0) is 36.8 Å². The summed E-state index contributed by atoms with van der Waals surface area (Å²) < 4.78 is 15.9. The summed E-state index contributed by atoms with van der Waals surface area (Å²) in [5, 5.41) is 2.93. The number of nitrogens with one attached hydrogen (secondary N) is 1. The predicted octanol–water partition coefficient (Wildman–Crippen LogP) is 3.31. The molecule has 24 heavy (non-hydrogen) atoms. The Bertz CT molecular complexity index is 770. The van der Waals surface area contributed by atoms with Crippen LogP contribution in [0.2, 0.25) is 0 Å². The van der Waals surface area contributed by atoms with E-state index >= 15 is 0 Å². The highest BCUT2D eigenvalue weighted by molar-refractivity contribution is 5.92. The molecule has 0 fully saturated rings. The second kappa shape index (κ2) is 7.08. The van der Waals surface area contributed by atoms with Crippen LogP contribution in [-0.4, -0.2) is 19.8 Å². The van der Waals surface area contributed by atoms with Gasteiger partial charge >= 0.3 is 0 Å². The van der Waals surface area contributed by atoms with Gasteiger partial charge in [-0.25, -0.2) is 0 Å². The molecule has 1 heterocycles. The Kier molecular flexibility index (Phi) is 4.70. The van der Waals surface area contributed by atoms with Gasteiger partial charge < -0.3 is 19.5 Å². The summed E-state index contributed by atoms with van der Waals surface area (Å²) in [6.45, 7) is 2.16. The van der Waals surface area contributed by atoms with Gasteiger partial charge in [0.05, 0.1) is 13.2 Å². The summed E-state index contributed by atoms with van der Waals surface area (Å²) in [5.41, 5.74) is 1.81. The van der Waals surface area contributed by atoms with Crippen LogP contribution in [-0.2, 0) is 4.79 Å². The number of ether oxygens (including phenoxy) is 3. The van der Waals surface area contributed by atoms with Gasteiger partial charge in [0.15, 0.2) is 11.5 Å². The lowest BCUT2D eigenvalue weighted by Gasteiger charge is -2.16. The van der Waals surface area contributed by atoms with Crippen molar-refractivity contribution in [1.82, 2.24) is 5.32 Å². The first-order valence-corrected chi connectivity index (χ1v) is 7.68. The van der Waals surface area contributed by atoms with Crippen LogP contribution < -0.4 is 19.5 Å². The lowest BCUT2D eigenvalue weighted by atomic mass is 10.1. The van der Waals surface area contributed by atoms with Gasteiger partial charge in [-0.15, -0.1) is 0 Å². The van der Waals surface area contributed by atoms with Gasteiger partial charge in [-0.3, -0.25) is 4.79 Å². The van der Waals surface area contributed by atoms with Gasteiger partial charge in [0.25, 0.3) is 0 Å². The Morgan fingerprint density at radius 3 is 2.83 bits per heavy atom. The van der Waals surface area contributed by atoms with Crippen molar-refractivity contribution in [3.63, 3.8) is 0 Å². The van der Waals surface area contributed by atoms with E-state index in [1.807, 2.05) is 49.4 Å². The number of rotatable bonds is 5. The third kappa shape index (κ3) is 3.51. The standard InChI is InChI=1S/C19H19NO4/c1-13(15-5-3-4-6-16(15)22-2)20-19(21)10-8-14-7-9-17-18(11-14)24-12-23-17/h3-11,13H,12H2,1-2H3,(H,20,21)/b10-8+/t13-/m0/s1. The van der Waals surface area contributed by atoms with Crippen LogP contribution in [0.1, 0.15) is 24.1 Å². The van der Waals surface area contributed by atoms with Gasteiger partial charge in [-0.1, -0.05) is 24.3 Å². The Hall–Kier alpha value is -2.95. The zero-order chi connectivity index (χ0) is 16.9. The van der Waals surface area contributed by atoms with E-state index in [0.29, 0.717) is 5.75 Å². The minimum Gasteiger partial charge on any atom is -0.496 e. The van der Waals surface area contributed by atoms with Gasteiger partial charge in [0.1, 0.15) is 5.75 Å². The molecule has 0 unspecified atom stereocenters. The van der Waals surface area contributed by atoms with E-state index in [9.17, 15) is 4.79 Å². The second-order valence-corrected chi connectivity index (χ2v) is 5.42. The van der Waals surface area contributed by atoms with Crippen molar-refractivity contribution >= 4 is 12.0 Å². The summed E-state index contributed by atoms with van der Waals surface area (Å²) in [6, 6.07) is 13.0. The molecule has 1 aliphatic rings. The van der Waals surface area contributed by atoms with Crippen LogP contribution in [0.3, 0.4) is 0 Å². The van der Waals surface area contributed by atoms with E-state index < -0.39 is 0 Å². The number of hydrogen-bond donors (Lipinski definition) is 1. The summed E-state index contributed by atoms with van der Waals surface area (Å²) in [7, 11) is 1.62. The summed E-state index contributed by atoms with van der Waals surface area (Å²) in [4.78, 5) is 12.1. The van der Waals surface area contributed by atoms with E-state index in [-0.39, 0.29) is 18.7 Å². The van der Waals surface area contributed by atoms with Crippen LogP contribution >= 0.6 is 0 Å². The number of hydrogen-bond acceptors (Lipinski definition) is 4. The topological polar surface area (TPSA) is 56.8 Å². The monoisotopic (exact) mass is 325 g/mol. The first-order chi connectivity index (χ1) is 11.7. The number of methoxy groups -OCH3 is 1. The number of amides is 1. The van der Waals surface area contributed by atoms with Crippen LogP contribution in [0.25, 0.3) is 6.08 Å². The maximum absolute atomic E-state index is 12.1. The third-order valence-electron chi connectivity index (χ3n) is 3.79. The van der Waals surface area contributed by atoms with E-state index in [2.05, 4.69) is 5.32 Å². The Morgan fingerprint density at radius 2 is 2.00 bits per heavy atom. The molecule has 1 amide bonds. The number of para-hydroxylation sites is 1. The smallest absolute Gasteiger partial charge is 0.244 e. The van der Waals surface area contributed by atoms with Crippen molar-refractivity contribution in [3.8, 4) is 17.2 Å². The number of fused-ring (bicyclic) bond motifs is 1. The molecule has 0 saturated heterocycles. The van der Waals surface area contributed by atoms with Crippen LogP contribution in [0.15, 0.2) is 48.5 Å². The summed E-state index contributed by atoms with van der Waals surface area (Å²) in [5.74, 6) is 2.00. The normalized spacial score (nSPS) is 13.8. The Morgan fingerprint density at radius 1 is 1.21 bits per heavy atom. The fourth-order valence-electron chi connectivity index (χ4n) is 2.55. The van der Waals surface area contributed by atoms with E-state index in [0.717, 1.165) is 22.6 Å². The predicted molar refractivity (Wildman–Crippen MR) is 91.2 cm³/mol. The molecule has 0 aromatic heterocycles. The molecule has 1 aliphatic heterocycles. The van der Waals surface area contributed by atoms with Crippen molar-refractivity contribution in [1.29, 1.82) is 0 Å². The maximum atomic E-state index is 12.1. The average molecular weight is 325 g/mol. The molecular weight excluding hydrogens is 306 g/mol. The summed E-state index contributed by atoms with van der Waals surface area (Å²) in [6.07, 6.45) is 3.25. The first-order valence-electron chi connectivity index (χ1n) is 7.68. The number of carbonyl (C=O) groups excluding carboxylic acids is 1. The molecule has 0 bridgehead atoms. The molecule has 124 valence electrons. The molecule has 2 aromatic rings. The highest BCUT2D eigenvalue weighted by atomic mass is 16.7. The van der Waals surface area contributed by atoms with E-state index in [1.165, 1.54) is 6.08 Å². The van der Waals surface area contributed by atoms with Crippen molar-refractivity contribution < 1.29 is 19.0 Å². The molecular formula is C19H19NO4. The molecule has 0 radical (unpaired) electrons. The quantitative estimate of drug-likeness (QED) is 0.857. The van der Waals surface area contributed by atoms with Gasteiger partial charge in [0.2, 0.25) is 12.7 Å². The third-order valence-corrected chi connectivity index (χ3v) is 3.79. The molecule has 0 saturated carbocycles. The van der Waals surface area contributed by atoms with Crippen molar-refractivity contribution in [3.05, 3.63) is 59.7 Å². The fraction of sp³-hybridized carbons (Fsp3) is 0.211. The minimum absolute atomic E-state index is 0.157. The molecule has 2 aromatic carbocycles. The SMILES string of the molecule is COc1ccccc1[C@H](C)NC(=O)/C=C/c1ccc2c(c1)OCO2. The lowest BCUT2D eigenvalue weighted by Crippen LogP contribution is -2.24. The van der Waals surface area contributed by atoms with E-state index in [4.69, 9.17) is 14.2 Å². The van der Waals surface area contributed by atoms with Crippen molar-refractivity contribution in [2.75, 3.05) is 13.9 Å². The minimum atomic E-state index is -0.175.